The van der Waals surface area contributed by atoms with Gasteiger partial charge in [-0.1, -0.05) is 25.1 Å². The first-order valence-corrected chi connectivity index (χ1v) is 7.86. The molecule has 5 heteroatoms. The largest absolute Gasteiger partial charge is 0.480 e. The van der Waals surface area contributed by atoms with Crippen molar-refractivity contribution in [3.05, 3.63) is 22.9 Å². The fourth-order valence-electron chi connectivity index (χ4n) is 2.40. The minimum atomic E-state index is -0.849. The molecule has 1 unspecified atom stereocenters. The second-order valence-corrected chi connectivity index (χ2v) is 6.16. The fourth-order valence-corrected chi connectivity index (χ4v) is 3.34. The lowest BCUT2D eigenvalue weighted by molar-refractivity contribution is -0.136. The third kappa shape index (κ3) is 3.31. The summed E-state index contributed by atoms with van der Waals surface area (Å²) in [4.78, 5) is 15.7. The van der Waals surface area contributed by atoms with Gasteiger partial charge in [-0.15, -0.1) is 0 Å². The summed E-state index contributed by atoms with van der Waals surface area (Å²) in [6.45, 7) is 1.83. The molecule has 1 aromatic rings. The van der Waals surface area contributed by atoms with Crippen LogP contribution in [0.5, 0.6) is 0 Å². The van der Waals surface area contributed by atoms with E-state index in [0.717, 1.165) is 36.9 Å². The predicted molar refractivity (Wildman–Crippen MR) is 77.8 cm³/mol. The van der Waals surface area contributed by atoms with Gasteiger partial charge in [0.05, 0.1) is 5.56 Å². The molecule has 1 aliphatic rings. The van der Waals surface area contributed by atoms with Crippen LogP contribution in [0.1, 0.15) is 49.4 Å². The minimum absolute atomic E-state index is 0.510. The first-order chi connectivity index (χ1) is 9.65. The van der Waals surface area contributed by atoms with Crippen LogP contribution in [0.25, 0.3) is 0 Å². The van der Waals surface area contributed by atoms with Crippen molar-refractivity contribution < 1.29 is 9.90 Å². The Morgan fingerprint density at radius 3 is 2.90 bits per heavy atom. The van der Waals surface area contributed by atoms with Crippen LogP contribution in [0, 0.1) is 11.3 Å². The van der Waals surface area contributed by atoms with Crippen LogP contribution in [0.3, 0.4) is 0 Å². The molecule has 0 bridgehead atoms. The zero-order valence-corrected chi connectivity index (χ0v) is 12.4. The Hall–Kier alpha value is -1.54. The fraction of sp³-hybridized carbons (Fsp3) is 0.533. The summed E-state index contributed by atoms with van der Waals surface area (Å²) >= 11 is 1.19. The van der Waals surface area contributed by atoms with Crippen LogP contribution in [0.4, 0.5) is 0 Å². The highest BCUT2D eigenvalue weighted by Gasteiger charge is 2.21. The number of nitrogens with zero attached hydrogens (tertiary/aromatic N) is 2. The average molecular weight is 290 g/mol. The molecule has 0 fully saturated rings. The Balaban J connectivity index is 2.35. The highest BCUT2D eigenvalue weighted by molar-refractivity contribution is 8.00. The topological polar surface area (TPSA) is 74.0 Å². The molecule has 0 radical (unpaired) electrons. The number of aromatic nitrogens is 1. The highest BCUT2D eigenvalue weighted by atomic mass is 32.2. The molecule has 4 nitrogen and oxygen atoms in total. The van der Waals surface area contributed by atoms with Gasteiger partial charge in [0, 0.05) is 5.69 Å². The molecule has 106 valence electrons. The number of hydrogen-bond acceptors (Lipinski definition) is 4. The molecule has 0 aliphatic heterocycles. The number of pyridine rings is 1. The number of aryl methyl sites for hydroxylation is 2. The molecule has 0 saturated carbocycles. The van der Waals surface area contributed by atoms with E-state index in [1.54, 1.807) is 0 Å². The van der Waals surface area contributed by atoms with E-state index in [4.69, 9.17) is 5.11 Å². The van der Waals surface area contributed by atoms with Gasteiger partial charge in [0.1, 0.15) is 16.3 Å². The summed E-state index contributed by atoms with van der Waals surface area (Å²) < 4.78 is 0. The maximum absolute atomic E-state index is 11.1. The summed E-state index contributed by atoms with van der Waals surface area (Å²) in [6.07, 6.45) is 5.86. The number of thioether (sulfide) groups is 1. The van der Waals surface area contributed by atoms with Crippen molar-refractivity contribution >= 4 is 17.7 Å². The number of carboxylic acids is 1. The van der Waals surface area contributed by atoms with Gasteiger partial charge in [-0.25, -0.2) is 4.98 Å². The summed E-state index contributed by atoms with van der Waals surface area (Å²) in [5, 5.41) is 18.4. The lowest BCUT2D eigenvalue weighted by Crippen LogP contribution is -2.15. The van der Waals surface area contributed by atoms with E-state index < -0.39 is 11.2 Å². The summed E-state index contributed by atoms with van der Waals surface area (Å²) in [5.41, 5.74) is 2.71. The standard InChI is InChI=1S/C15H18N2O2S/c1-2-13(15(18)19)20-14-11(9-16)8-10-6-4-3-5-7-12(10)17-14/h8,13H,2-7H2,1H3,(H,18,19). The van der Waals surface area contributed by atoms with Gasteiger partial charge in [-0.3, -0.25) is 4.79 Å². The van der Waals surface area contributed by atoms with E-state index in [9.17, 15) is 10.1 Å². The Bertz CT molecular complexity index is 552. The Morgan fingerprint density at radius 2 is 2.25 bits per heavy atom. The molecule has 1 aliphatic carbocycles. The lowest BCUT2D eigenvalue weighted by Gasteiger charge is -2.13. The third-order valence-corrected chi connectivity index (χ3v) is 4.89. The van der Waals surface area contributed by atoms with E-state index in [-0.39, 0.29) is 0 Å². The average Bonchev–Trinajstić information content (AvgIpc) is 2.67. The number of nitriles is 1. The molecular weight excluding hydrogens is 272 g/mol. The highest BCUT2D eigenvalue weighted by Crippen LogP contribution is 2.30. The first-order valence-electron chi connectivity index (χ1n) is 6.98. The van der Waals surface area contributed by atoms with Crippen LogP contribution >= 0.6 is 11.8 Å². The zero-order chi connectivity index (χ0) is 14.5. The summed E-state index contributed by atoms with van der Waals surface area (Å²) in [5.74, 6) is -0.849. The van der Waals surface area contributed by atoms with Gasteiger partial charge >= 0.3 is 5.97 Å². The van der Waals surface area contributed by atoms with Crippen molar-refractivity contribution in [3.63, 3.8) is 0 Å². The smallest absolute Gasteiger partial charge is 0.317 e. The number of carbonyl (C=O) groups is 1. The molecule has 0 amide bonds. The summed E-state index contributed by atoms with van der Waals surface area (Å²) in [6, 6.07) is 4.07. The molecule has 0 saturated heterocycles. The molecule has 0 spiro atoms. The van der Waals surface area contributed by atoms with Gasteiger partial charge in [0.2, 0.25) is 0 Å². The zero-order valence-electron chi connectivity index (χ0n) is 11.6. The van der Waals surface area contributed by atoms with Gasteiger partial charge in [0.15, 0.2) is 0 Å². The molecule has 1 heterocycles. The molecular formula is C15H18N2O2S. The van der Waals surface area contributed by atoms with Gasteiger partial charge < -0.3 is 5.11 Å². The van der Waals surface area contributed by atoms with Crippen LogP contribution in [-0.4, -0.2) is 21.3 Å². The minimum Gasteiger partial charge on any atom is -0.480 e. The van der Waals surface area contributed by atoms with Crippen molar-refractivity contribution in [1.29, 1.82) is 5.26 Å². The van der Waals surface area contributed by atoms with Crippen molar-refractivity contribution in [1.82, 2.24) is 4.98 Å². The molecule has 20 heavy (non-hydrogen) atoms. The Morgan fingerprint density at radius 1 is 1.50 bits per heavy atom. The normalized spacial score (nSPS) is 15.8. The first kappa shape index (κ1) is 14.9. The summed E-state index contributed by atoms with van der Waals surface area (Å²) in [7, 11) is 0. The second-order valence-electron chi connectivity index (χ2n) is 4.97. The van der Waals surface area contributed by atoms with Gasteiger partial charge in [-0.2, -0.15) is 5.26 Å². The van der Waals surface area contributed by atoms with Crippen molar-refractivity contribution in [2.24, 2.45) is 0 Å². The van der Waals surface area contributed by atoms with Gasteiger partial charge in [-0.05, 0) is 43.7 Å². The molecule has 1 aromatic heterocycles. The quantitative estimate of drug-likeness (QED) is 0.681. The SMILES string of the molecule is CCC(Sc1nc2c(cc1C#N)CCCCC2)C(=O)O. The maximum Gasteiger partial charge on any atom is 0.317 e. The van der Waals surface area contributed by atoms with Crippen LogP contribution in [0.2, 0.25) is 0 Å². The number of carboxylic acid groups (broad SMARTS) is 1. The lowest BCUT2D eigenvalue weighted by atomic mass is 10.1. The van der Waals surface area contributed by atoms with E-state index >= 15 is 0 Å². The molecule has 1 N–H and O–H groups in total. The van der Waals surface area contributed by atoms with E-state index in [1.165, 1.54) is 18.2 Å². The van der Waals surface area contributed by atoms with Crippen LogP contribution < -0.4 is 0 Å². The third-order valence-electron chi connectivity index (χ3n) is 3.54. The van der Waals surface area contributed by atoms with E-state index in [2.05, 4.69) is 11.1 Å². The predicted octanol–water partition coefficient (Wildman–Crippen LogP) is 3.18. The number of aliphatic carboxylic acids is 1. The molecule has 0 aromatic carbocycles. The number of rotatable bonds is 4. The molecule has 2 rings (SSSR count). The van der Waals surface area contributed by atoms with E-state index in [1.807, 2.05) is 13.0 Å². The van der Waals surface area contributed by atoms with Crippen LogP contribution in [0.15, 0.2) is 11.1 Å². The van der Waals surface area contributed by atoms with Crippen molar-refractivity contribution in [3.8, 4) is 6.07 Å². The van der Waals surface area contributed by atoms with Gasteiger partial charge in [0.25, 0.3) is 0 Å². The Kier molecular flexibility index (Phi) is 5.02. The van der Waals surface area contributed by atoms with Crippen molar-refractivity contribution in [2.75, 3.05) is 0 Å². The second kappa shape index (κ2) is 6.76. The van der Waals surface area contributed by atoms with Crippen LogP contribution in [-0.2, 0) is 17.6 Å². The van der Waals surface area contributed by atoms with Crippen molar-refractivity contribution in [2.45, 2.75) is 55.7 Å². The Labute approximate surface area is 123 Å². The van der Waals surface area contributed by atoms with E-state index in [0.29, 0.717) is 17.0 Å². The maximum atomic E-state index is 11.1. The monoisotopic (exact) mass is 290 g/mol. The number of hydrogen-bond donors (Lipinski definition) is 1. The number of fused-ring (bicyclic) bond motifs is 1. The molecule has 1 atom stereocenters.